The minimum absolute atomic E-state index is 1.18. The molecule has 1 aromatic carbocycles. The Bertz CT molecular complexity index is 354. The minimum Gasteiger partial charge on any atom is -0.132 e. The molecule has 0 saturated carbocycles. The van der Waals surface area contributed by atoms with Crippen LogP contribution in [0.3, 0.4) is 0 Å². The van der Waals surface area contributed by atoms with Gasteiger partial charge in [0, 0.05) is 0 Å². The predicted molar refractivity (Wildman–Crippen MR) is 76.2 cm³/mol. The highest BCUT2D eigenvalue weighted by Gasteiger charge is 2.03. The normalized spacial score (nSPS) is 10.5. The summed E-state index contributed by atoms with van der Waals surface area (Å²) in [4.78, 5) is 1.22. The maximum Gasteiger partial charge on any atom is -0.00204 e. The highest BCUT2D eigenvalue weighted by molar-refractivity contribution is 8.03. The smallest absolute Gasteiger partial charge is 0.00204 e. The molecule has 0 aromatic heterocycles. The van der Waals surface area contributed by atoms with Crippen molar-refractivity contribution < 1.29 is 0 Å². The van der Waals surface area contributed by atoms with E-state index in [4.69, 9.17) is 0 Å². The maximum atomic E-state index is 3.91. The molecule has 0 heterocycles. The largest absolute Gasteiger partial charge is 0.132 e. The van der Waals surface area contributed by atoms with Crippen molar-refractivity contribution in [2.24, 2.45) is 0 Å². The molecule has 0 saturated heterocycles. The SMILES string of the molecule is C=C(C)SCCCc1c(C)cc(C)cc1C. The van der Waals surface area contributed by atoms with Crippen molar-refractivity contribution in [1.82, 2.24) is 0 Å². The Hall–Kier alpha value is -0.690. The van der Waals surface area contributed by atoms with E-state index < -0.39 is 0 Å². The van der Waals surface area contributed by atoms with Crippen molar-refractivity contribution in [3.63, 3.8) is 0 Å². The third-order valence-corrected chi connectivity index (χ3v) is 3.75. The maximum absolute atomic E-state index is 3.91. The molecule has 0 nitrogen and oxygen atoms in total. The molecule has 0 spiro atoms. The van der Waals surface area contributed by atoms with E-state index in [1.807, 2.05) is 11.8 Å². The average molecular weight is 234 g/mol. The van der Waals surface area contributed by atoms with Crippen LogP contribution < -0.4 is 0 Å². The quantitative estimate of drug-likeness (QED) is 0.659. The average Bonchev–Trinajstić information content (AvgIpc) is 2.14. The lowest BCUT2D eigenvalue weighted by Crippen LogP contribution is -1.96. The first-order valence-electron chi connectivity index (χ1n) is 5.85. The lowest BCUT2D eigenvalue weighted by molar-refractivity contribution is 0.913. The van der Waals surface area contributed by atoms with E-state index in [-0.39, 0.29) is 0 Å². The number of aryl methyl sites for hydroxylation is 3. The molecule has 1 aromatic rings. The van der Waals surface area contributed by atoms with Gasteiger partial charge in [0.1, 0.15) is 0 Å². The van der Waals surface area contributed by atoms with E-state index in [1.54, 1.807) is 0 Å². The molecule has 0 aliphatic carbocycles. The fraction of sp³-hybridized carbons (Fsp3) is 0.467. The van der Waals surface area contributed by atoms with Gasteiger partial charge < -0.3 is 0 Å². The van der Waals surface area contributed by atoms with Crippen LogP contribution in [-0.2, 0) is 6.42 Å². The molecule has 1 heteroatoms. The van der Waals surface area contributed by atoms with E-state index in [1.165, 1.54) is 45.8 Å². The molecular formula is C15H22S. The Labute approximate surface area is 104 Å². The summed E-state index contributed by atoms with van der Waals surface area (Å²) < 4.78 is 0. The molecule has 0 bridgehead atoms. The van der Waals surface area contributed by atoms with Gasteiger partial charge in [0.2, 0.25) is 0 Å². The van der Waals surface area contributed by atoms with Gasteiger partial charge in [-0.15, -0.1) is 11.8 Å². The first kappa shape index (κ1) is 13.4. The van der Waals surface area contributed by atoms with Crippen LogP contribution in [0.15, 0.2) is 23.6 Å². The fourth-order valence-corrected chi connectivity index (χ4v) is 2.74. The summed E-state index contributed by atoms with van der Waals surface area (Å²) in [6.07, 6.45) is 2.43. The van der Waals surface area contributed by atoms with Crippen LogP contribution in [0.5, 0.6) is 0 Å². The van der Waals surface area contributed by atoms with Gasteiger partial charge in [-0.05, 0) is 67.9 Å². The second-order valence-electron chi connectivity index (χ2n) is 4.53. The number of thioether (sulfide) groups is 1. The van der Waals surface area contributed by atoms with E-state index in [2.05, 4.69) is 46.4 Å². The van der Waals surface area contributed by atoms with Crippen molar-refractivity contribution in [3.05, 3.63) is 45.9 Å². The summed E-state index contributed by atoms with van der Waals surface area (Å²) in [7, 11) is 0. The molecule has 0 aliphatic heterocycles. The number of hydrogen-bond acceptors (Lipinski definition) is 1. The summed E-state index contributed by atoms with van der Waals surface area (Å²) in [5.41, 5.74) is 5.79. The highest BCUT2D eigenvalue weighted by atomic mass is 32.2. The minimum atomic E-state index is 1.18. The molecular weight excluding hydrogens is 212 g/mol. The first-order chi connectivity index (χ1) is 7.50. The molecule has 0 N–H and O–H groups in total. The van der Waals surface area contributed by atoms with Gasteiger partial charge in [-0.3, -0.25) is 0 Å². The van der Waals surface area contributed by atoms with E-state index in [9.17, 15) is 0 Å². The van der Waals surface area contributed by atoms with Crippen LogP contribution >= 0.6 is 11.8 Å². The summed E-state index contributed by atoms with van der Waals surface area (Å²) in [6, 6.07) is 4.57. The van der Waals surface area contributed by atoms with Gasteiger partial charge in [-0.25, -0.2) is 0 Å². The van der Waals surface area contributed by atoms with Crippen molar-refractivity contribution in [2.75, 3.05) is 5.75 Å². The van der Waals surface area contributed by atoms with Crippen LogP contribution in [0.25, 0.3) is 0 Å². The molecule has 0 radical (unpaired) electrons. The summed E-state index contributed by atoms with van der Waals surface area (Å²) in [5, 5.41) is 0. The number of allylic oxidation sites excluding steroid dienone is 1. The molecule has 0 unspecified atom stereocenters. The van der Waals surface area contributed by atoms with Crippen LogP contribution in [0, 0.1) is 20.8 Å². The van der Waals surface area contributed by atoms with Gasteiger partial charge in [-0.1, -0.05) is 24.3 Å². The summed E-state index contributed by atoms with van der Waals surface area (Å²) >= 11 is 1.87. The number of benzene rings is 1. The van der Waals surface area contributed by atoms with Crippen molar-refractivity contribution in [2.45, 2.75) is 40.5 Å². The van der Waals surface area contributed by atoms with Crippen molar-refractivity contribution >= 4 is 11.8 Å². The fourth-order valence-electron chi connectivity index (χ4n) is 2.10. The Balaban J connectivity index is 2.57. The Kier molecular flexibility index (Phi) is 5.14. The standard InChI is InChI=1S/C15H22S/c1-11(2)16-8-6-7-15-13(4)9-12(3)10-14(15)5/h9-10H,1,6-8H2,2-5H3. The zero-order valence-corrected chi connectivity index (χ0v) is 11.7. The van der Waals surface area contributed by atoms with Gasteiger partial charge in [0.25, 0.3) is 0 Å². The Morgan fingerprint density at radius 3 is 2.25 bits per heavy atom. The lowest BCUT2D eigenvalue weighted by Gasteiger charge is -2.11. The molecule has 88 valence electrons. The molecule has 0 aliphatic rings. The van der Waals surface area contributed by atoms with Crippen molar-refractivity contribution in [3.8, 4) is 0 Å². The first-order valence-corrected chi connectivity index (χ1v) is 6.84. The monoisotopic (exact) mass is 234 g/mol. The summed E-state index contributed by atoms with van der Waals surface area (Å²) in [6.45, 7) is 12.6. The highest BCUT2D eigenvalue weighted by Crippen LogP contribution is 2.20. The van der Waals surface area contributed by atoms with Crippen LogP contribution in [-0.4, -0.2) is 5.75 Å². The second kappa shape index (κ2) is 6.15. The zero-order valence-electron chi connectivity index (χ0n) is 10.9. The van der Waals surface area contributed by atoms with Gasteiger partial charge in [0.15, 0.2) is 0 Å². The Morgan fingerprint density at radius 2 is 1.75 bits per heavy atom. The molecule has 0 amide bonds. The molecule has 1 rings (SSSR count). The third-order valence-electron chi connectivity index (χ3n) is 2.76. The topological polar surface area (TPSA) is 0 Å². The predicted octanol–water partition coefficient (Wildman–Crippen LogP) is 4.81. The van der Waals surface area contributed by atoms with Gasteiger partial charge >= 0.3 is 0 Å². The van der Waals surface area contributed by atoms with Crippen LogP contribution in [0.4, 0.5) is 0 Å². The van der Waals surface area contributed by atoms with Gasteiger partial charge in [-0.2, -0.15) is 0 Å². The lowest BCUT2D eigenvalue weighted by atomic mass is 9.96. The molecule has 0 atom stereocenters. The number of rotatable bonds is 5. The van der Waals surface area contributed by atoms with E-state index >= 15 is 0 Å². The van der Waals surface area contributed by atoms with Crippen molar-refractivity contribution in [1.29, 1.82) is 0 Å². The van der Waals surface area contributed by atoms with E-state index in [0.717, 1.165) is 0 Å². The second-order valence-corrected chi connectivity index (χ2v) is 5.93. The molecule has 16 heavy (non-hydrogen) atoms. The number of hydrogen-bond donors (Lipinski definition) is 0. The third kappa shape index (κ3) is 4.05. The molecule has 0 fully saturated rings. The Morgan fingerprint density at radius 1 is 1.19 bits per heavy atom. The van der Waals surface area contributed by atoms with Crippen LogP contribution in [0.1, 0.15) is 35.6 Å². The zero-order chi connectivity index (χ0) is 12.1. The summed E-state index contributed by atoms with van der Waals surface area (Å²) in [5.74, 6) is 1.18. The van der Waals surface area contributed by atoms with E-state index in [0.29, 0.717) is 0 Å². The van der Waals surface area contributed by atoms with Gasteiger partial charge in [0.05, 0.1) is 0 Å². The van der Waals surface area contributed by atoms with Crippen LogP contribution in [0.2, 0.25) is 0 Å².